The average molecular weight is 1220 g/mol. The molecule has 4 aromatic carbocycles. The summed E-state index contributed by atoms with van der Waals surface area (Å²) in [6.07, 6.45) is 20.7. The molecule has 2 aliphatic carbocycles. The predicted octanol–water partition coefficient (Wildman–Crippen LogP) is 12.2. The Labute approximate surface area is 493 Å². The van der Waals surface area contributed by atoms with Gasteiger partial charge in [0.05, 0.1) is 33.8 Å². The van der Waals surface area contributed by atoms with Crippen molar-refractivity contribution < 1.29 is 19.2 Å². The van der Waals surface area contributed by atoms with Gasteiger partial charge in [0.25, 0.3) is 11.8 Å². The van der Waals surface area contributed by atoms with E-state index in [1.54, 1.807) is 73.1 Å². The minimum absolute atomic E-state index is 0.0235. The molecule has 2 saturated carbocycles. The first kappa shape index (κ1) is 59.5. The van der Waals surface area contributed by atoms with E-state index < -0.39 is 5.24 Å². The number of hydrogen-bond donors (Lipinski definition) is 8. The summed E-state index contributed by atoms with van der Waals surface area (Å²) in [6, 6.07) is 30.4. The molecule has 2 aliphatic rings. The van der Waals surface area contributed by atoms with Crippen molar-refractivity contribution in [1.29, 1.82) is 0 Å². The van der Waals surface area contributed by atoms with Crippen LogP contribution in [0, 0.1) is 0 Å². The highest BCUT2D eigenvalue weighted by Gasteiger charge is 2.27. The second kappa shape index (κ2) is 29.2. The number of H-pyrrole nitrogens is 2. The van der Waals surface area contributed by atoms with Crippen LogP contribution in [0.1, 0.15) is 72.1 Å². The van der Waals surface area contributed by atoms with Gasteiger partial charge in [-0.05, 0) is 144 Å². The SMILES string of the molecule is CN(C)C/C=C/C(=O)Nc1ccc(C(=O)N[C@H]2CCC[C@@H](Nc3ncc(Cl)c(-c4c[nH]c5ccccc45)n3)C2)cc1.Nc1ccc(C(=O)N[C@H]2CCC[C@@H](Nc3ncc(Cl)c(-c4c[nH]c5ccccc45)n3)C2)cc1.O=C(Cl)/C=C/CBr. The van der Waals surface area contributed by atoms with Gasteiger partial charge in [-0.3, -0.25) is 19.2 Å². The van der Waals surface area contributed by atoms with E-state index in [1.807, 2.05) is 79.9 Å². The van der Waals surface area contributed by atoms with Crippen LogP contribution in [0.15, 0.2) is 146 Å². The number of amides is 3. The van der Waals surface area contributed by atoms with Gasteiger partial charge < -0.3 is 47.2 Å². The molecule has 2 fully saturated rings. The lowest BCUT2D eigenvalue weighted by atomic mass is 9.91. The van der Waals surface area contributed by atoms with Gasteiger partial charge in [0.15, 0.2) is 0 Å². The minimum atomic E-state index is -0.431. The molecule has 0 radical (unpaired) electrons. The van der Waals surface area contributed by atoms with E-state index in [2.05, 4.69) is 62.4 Å². The monoisotopic (exact) mass is 1210 g/mol. The molecule has 0 saturated heterocycles. The van der Waals surface area contributed by atoms with Crippen molar-refractivity contribution in [2.45, 2.75) is 75.5 Å². The zero-order valence-corrected chi connectivity index (χ0v) is 48.5. The number of anilines is 4. The fourth-order valence-corrected chi connectivity index (χ4v) is 10.3. The molecule has 0 aliphatic heterocycles. The summed E-state index contributed by atoms with van der Waals surface area (Å²) < 4.78 is 0. The van der Waals surface area contributed by atoms with Crippen molar-refractivity contribution in [1.82, 2.24) is 45.4 Å². The van der Waals surface area contributed by atoms with Crippen LogP contribution in [-0.2, 0) is 9.59 Å². The number of allylic oxidation sites excluding steroid dienone is 2. The van der Waals surface area contributed by atoms with Crippen molar-refractivity contribution in [2.24, 2.45) is 0 Å². The van der Waals surface area contributed by atoms with E-state index in [0.29, 0.717) is 67.7 Å². The average Bonchev–Trinajstić information content (AvgIpc) is 4.35. The van der Waals surface area contributed by atoms with Crippen LogP contribution in [0.3, 0.4) is 0 Å². The number of rotatable bonds is 16. The van der Waals surface area contributed by atoms with Gasteiger partial charge >= 0.3 is 0 Å². The molecule has 9 N–H and O–H groups in total. The van der Waals surface area contributed by atoms with Gasteiger partial charge in [0.2, 0.25) is 23.0 Å². The molecule has 4 heterocycles. The molecule has 420 valence electrons. The summed E-state index contributed by atoms with van der Waals surface area (Å²) in [6.45, 7) is 0.683. The Morgan fingerprint density at radius 3 is 1.58 bits per heavy atom. The molecule has 81 heavy (non-hydrogen) atoms. The van der Waals surface area contributed by atoms with Crippen LogP contribution < -0.4 is 32.3 Å². The van der Waals surface area contributed by atoms with Crippen LogP contribution in [-0.4, -0.2) is 108 Å². The minimum Gasteiger partial charge on any atom is -0.399 e. The zero-order valence-electron chi connectivity index (χ0n) is 44.7. The van der Waals surface area contributed by atoms with Gasteiger partial charge in [-0.2, -0.15) is 0 Å². The number of halogens is 4. The number of hydrogen-bond acceptors (Lipinski definition) is 12. The van der Waals surface area contributed by atoms with Gasteiger partial charge in [0.1, 0.15) is 0 Å². The smallest absolute Gasteiger partial charge is 0.251 e. The number of likely N-dealkylation sites (N-methyl/N-ethyl adjacent to an activating group) is 1. The van der Waals surface area contributed by atoms with Gasteiger partial charge in [-0.25, -0.2) is 19.9 Å². The number of aromatic nitrogens is 6. The highest BCUT2D eigenvalue weighted by molar-refractivity contribution is 9.09. The first-order valence-electron chi connectivity index (χ1n) is 26.5. The maximum Gasteiger partial charge on any atom is 0.251 e. The van der Waals surface area contributed by atoms with Crippen LogP contribution in [0.2, 0.25) is 10.0 Å². The van der Waals surface area contributed by atoms with Gasteiger partial charge in [-0.15, -0.1) is 0 Å². The van der Waals surface area contributed by atoms with Gasteiger partial charge in [-0.1, -0.05) is 87.7 Å². The number of nitrogens with zero attached hydrogens (tertiary/aromatic N) is 5. The number of nitrogens with one attached hydrogen (secondary N) is 7. The number of nitrogen functional groups attached to an aromatic ring is 1. The normalized spacial score (nSPS) is 17.0. The second-order valence-electron chi connectivity index (χ2n) is 19.8. The number of alkyl halides is 1. The van der Waals surface area contributed by atoms with Crippen molar-refractivity contribution in [3.05, 3.63) is 167 Å². The third kappa shape index (κ3) is 17.2. The topological polar surface area (TPSA) is 241 Å². The molecule has 4 aromatic heterocycles. The molecule has 17 nitrogen and oxygen atoms in total. The van der Waals surface area contributed by atoms with Gasteiger partial charge in [0, 0.05) is 110 Å². The quantitative estimate of drug-likeness (QED) is 0.0195. The largest absolute Gasteiger partial charge is 0.399 e. The van der Waals surface area contributed by atoms with Crippen LogP contribution >= 0.6 is 50.7 Å². The summed E-state index contributed by atoms with van der Waals surface area (Å²) in [7, 11) is 3.87. The third-order valence-corrected chi connectivity index (χ3v) is 14.6. The molecule has 4 atom stereocenters. The predicted molar refractivity (Wildman–Crippen MR) is 330 cm³/mol. The summed E-state index contributed by atoms with van der Waals surface area (Å²) in [4.78, 5) is 74.3. The molecule has 0 bridgehead atoms. The number of aromatic amines is 2. The number of carbonyl (C=O) groups excluding carboxylic acids is 4. The summed E-state index contributed by atoms with van der Waals surface area (Å²) in [5.74, 6) is 0.632. The highest BCUT2D eigenvalue weighted by atomic mass is 79.9. The Kier molecular flexibility index (Phi) is 21.5. The zero-order chi connectivity index (χ0) is 57.3. The van der Waals surface area contributed by atoms with E-state index in [9.17, 15) is 19.2 Å². The number of carbonyl (C=O) groups is 4. The summed E-state index contributed by atoms with van der Waals surface area (Å²) in [5, 5.41) is 19.4. The van der Waals surface area contributed by atoms with E-state index in [-0.39, 0.29) is 41.9 Å². The maximum atomic E-state index is 13.0. The Balaban J connectivity index is 0.000000193. The van der Waals surface area contributed by atoms with E-state index in [0.717, 1.165) is 84.3 Å². The lowest BCUT2D eigenvalue weighted by Gasteiger charge is -2.30. The second-order valence-corrected chi connectivity index (χ2v) is 21.7. The first-order chi connectivity index (χ1) is 39.2. The maximum absolute atomic E-state index is 13.0. The van der Waals surface area contributed by atoms with Crippen molar-refractivity contribution in [3.63, 3.8) is 0 Å². The number of fused-ring (bicyclic) bond motifs is 2. The lowest BCUT2D eigenvalue weighted by molar-refractivity contribution is -0.112. The fraction of sp³-hybridized carbons (Fsp3) is 0.267. The fourth-order valence-electron chi connectivity index (χ4n) is 9.62. The van der Waals surface area contributed by atoms with E-state index in [1.165, 1.54) is 12.2 Å². The van der Waals surface area contributed by atoms with Crippen LogP contribution in [0.5, 0.6) is 0 Å². The van der Waals surface area contributed by atoms with Crippen molar-refractivity contribution in [3.8, 4) is 22.5 Å². The standard InChI is InChI=1S/C31H34ClN7O2.C25H25ClN6O.C4H4BrClO/c1-39(2)16-6-11-28(40)35-21-14-12-20(13-15-21)30(41)36-22-7-5-8-23(17-22)37-31-34-19-26(32)29(38-31)25-18-33-27-10-4-3-9-24(25)27;26-21-14-29-25(32-23(21)20-13-28-22-7-2-1-6-19(20)22)31-18-5-3-4-17(12-18)30-24(33)15-8-10-16(27)11-9-15;5-3-1-2-4(6)7/h3-4,6,9-15,18-19,22-23,33H,5,7-8,16-17H2,1-2H3,(H,35,40)(H,36,41)(H,34,37,38);1-2,6-11,13-14,17-18,28H,3-5,12,27H2,(H,30,33)(H,29,31,32);1-2H,3H2/b11-6+;;2-1+/t22-,23+;17-,18+;/m00./s1. The summed E-state index contributed by atoms with van der Waals surface area (Å²) >= 11 is 20.9. The molecule has 0 unspecified atom stereocenters. The summed E-state index contributed by atoms with van der Waals surface area (Å²) in [5.41, 5.74) is 13.4. The van der Waals surface area contributed by atoms with E-state index in [4.69, 9.17) is 50.5 Å². The molecule has 21 heteroatoms. The Hall–Kier alpha value is -7.61. The third-order valence-electron chi connectivity index (χ3n) is 13.5. The number of para-hydroxylation sites is 2. The number of nitrogens with two attached hydrogens (primary N) is 1. The molecule has 10 rings (SSSR count). The molecular formula is C60H63BrCl3N13O4. The Morgan fingerprint density at radius 2 is 1.12 bits per heavy atom. The van der Waals surface area contributed by atoms with Crippen LogP contribution in [0.25, 0.3) is 44.3 Å². The van der Waals surface area contributed by atoms with E-state index >= 15 is 0 Å². The highest BCUT2D eigenvalue weighted by Crippen LogP contribution is 2.35. The molecule has 3 amide bonds. The molecular weight excluding hydrogens is 1150 g/mol. The first-order valence-corrected chi connectivity index (χ1v) is 28.8. The Morgan fingerprint density at radius 1 is 0.654 bits per heavy atom. The number of benzene rings is 4. The van der Waals surface area contributed by atoms with Crippen molar-refractivity contribution >= 4 is 119 Å². The molecule has 8 aromatic rings. The van der Waals surface area contributed by atoms with Crippen LogP contribution in [0.4, 0.5) is 23.3 Å². The van der Waals surface area contributed by atoms with Crippen molar-refractivity contribution in [2.75, 3.05) is 47.7 Å². The molecule has 0 spiro atoms. The lowest BCUT2D eigenvalue weighted by Crippen LogP contribution is -2.42. The Bertz CT molecular complexity index is 3500.